The Morgan fingerprint density at radius 3 is 2.45 bits per heavy atom. The normalized spacial score (nSPS) is 12.4. The van der Waals surface area contributed by atoms with Gasteiger partial charge in [0, 0.05) is 11.8 Å². The van der Waals surface area contributed by atoms with E-state index < -0.39 is 28.9 Å². The van der Waals surface area contributed by atoms with Gasteiger partial charge in [0.15, 0.2) is 11.6 Å². The van der Waals surface area contributed by atoms with Crippen LogP contribution in [0.25, 0.3) is 44.3 Å². The predicted octanol–water partition coefficient (Wildman–Crippen LogP) is 7.27. The van der Waals surface area contributed by atoms with Crippen LogP contribution < -0.4 is 15.9 Å². The fourth-order valence-corrected chi connectivity index (χ4v) is 5.11. The van der Waals surface area contributed by atoms with Gasteiger partial charge >= 0.3 is 0 Å². The zero-order valence-electron chi connectivity index (χ0n) is 22.9. The summed E-state index contributed by atoms with van der Waals surface area (Å²) in [7, 11) is 0. The highest BCUT2D eigenvalue weighted by Gasteiger charge is 2.27. The Balaban J connectivity index is 1.59. The van der Waals surface area contributed by atoms with Gasteiger partial charge in [-0.2, -0.15) is 5.10 Å². The van der Waals surface area contributed by atoms with E-state index in [9.17, 15) is 13.6 Å². The predicted molar refractivity (Wildman–Crippen MR) is 155 cm³/mol. The maximum Gasteiger partial charge on any atom is 0.200 e. The first-order valence-electron chi connectivity index (χ1n) is 13.2. The van der Waals surface area contributed by atoms with Gasteiger partial charge in [0.2, 0.25) is 5.43 Å². The van der Waals surface area contributed by atoms with Crippen molar-refractivity contribution in [2.75, 3.05) is 5.73 Å². The third kappa shape index (κ3) is 4.64. The van der Waals surface area contributed by atoms with Gasteiger partial charge in [0.05, 0.1) is 28.0 Å². The van der Waals surface area contributed by atoms with Crippen LogP contribution in [-0.4, -0.2) is 20.9 Å². The number of hydrogen-bond acceptors (Lipinski definition) is 6. The van der Waals surface area contributed by atoms with Gasteiger partial charge in [-0.1, -0.05) is 12.1 Å². The third-order valence-electron chi connectivity index (χ3n) is 6.96. The average Bonchev–Trinajstić information content (AvgIpc) is 3.35. The number of benzene rings is 3. The van der Waals surface area contributed by atoms with Crippen LogP contribution in [0.5, 0.6) is 5.75 Å². The van der Waals surface area contributed by atoms with E-state index in [-0.39, 0.29) is 45.5 Å². The van der Waals surface area contributed by atoms with E-state index in [4.69, 9.17) is 20.0 Å². The van der Waals surface area contributed by atoms with Crippen LogP contribution in [-0.2, 0) is 0 Å². The first-order valence-corrected chi connectivity index (χ1v) is 13.2. The molecule has 1 atom stereocenters. The van der Waals surface area contributed by atoms with Gasteiger partial charge < -0.3 is 14.9 Å². The van der Waals surface area contributed by atoms with Crippen molar-refractivity contribution in [2.45, 2.75) is 32.9 Å². The molecule has 0 aliphatic carbocycles. The average molecular weight is 571 g/mol. The lowest BCUT2D eigenvalue weighted by atomic mass is 9.99. The lowest BCUT2D eigenvalue weighted by Crippen LogP contribution is -2.16. The number of ether oxygens (including phenoxy) is 1. The lowest BCUT2D eigenvalue weighted by molar-refractivity contribution is 0.231. The van der Waals surface area contributed by atoms with Crippen molar-refractivity contribution in [1.82, 2.24) is 14.8 Å². The van der Waals surface area contributed by atoms with Crippen molar-refractivity contribution in [3.63, 3.8) is 0 Å². The lowest BCUT2D eigenvalue weighted by Gasteiger charge is -2.18. The highest BCUT2D eigenvalue weighted by atomic mass is 19.1. The second kappa shape index (κ2) is 10.4. The van der Waals surface area contributed by atoms with Crippen LogP contribution in [0.3, 0.4) is 0 Å². The number of fused-ring (bicyclic) bond motifs is 2. The zero-order chi connectivity index (χ0) is 29.7. The van der Waals surface area contributed by atoms with Crippen molar-refractivity contribution in [1.29, 1.82) is 0 Å². The summed E-state index contributed by atoms with van der Waals surface area (Å²) >= 11 is 0. The molecule has 0 saturated heterocycles. The molecule has 0 aliphatic rings. The van der Waals surface area contributed by atoms with Crippen LogP contribution in [0, 0.1) is 17.5 Å². The smallest absolute Gasteiger partial charge is 0.200 e. The number of anilines is 1. The fraction of sp³-hybridized carbons (Fsp3) is 0.156. The third-order valence-corrected chi connectivity index (χ3v) is 6.96. The molecule has 0 spiro atoms. The summed E-state index contributed by atoms with van der Waals surface area (Å²) in [4.78, 5) is 18.0. The molecule has 0 aliphatic heterocycles. The summed E-state index contributed by atoms with van der Waals surface area (Å²) in [5, 5.41) is 5.29. The van der Waals surface area contributed by atoms with Gasteiger partial charge in [0.25, 0.3) is 0 Å². The maximum absolute atomic E-state index is 15.0. The molecule has 3 heterocycles. The summed E-state index contributed by atoms with van der Waals surface area (Å²) < 4.78 is 56.8. The molecule has 0 amide bonds. The highest BCUT2D eigenvalue weighted by Crippen LogP contribution is 2.38. The number of aromatic nitrogens is 3. The number of nitrogens with zero attached hydrogens (tertiary/aromatic N) is 3. The van der Waals surface area contributed by atoms with Gasteiger partial charge in [0.1, 0.15) is 40.5 Å². The van der Waals surface area contributed by atoms with Gasteiger partial charge in [-0.15, -0.1) is 0 Å². The van der Waals surface area contributed by atoms with Crippen LogP contribution in [0.2, 0.25) is 0 Å². The number of rotatable bonds is 6. The summed E-state index contributed by atoms with van der Waals surface area (Å²) in [6.45, 7) is 5.36. The Hall–Kier alpha value is -5.12. The molecule has 6 rings (SSSR count). The molecule has 1 unspecified atom stereocenters. The Morgan fingerprint density at radius 1 is 0.929 bits per heavy atom. The number of nitrogens with two attached hydrogens (primary N) is 1. The van der Waals surface area contributed by atoms with E-state index in [2.05, 4.69) is 4.98 Å². The Labute approximate surface area is 238 Å². The van der Waals surface area contributed by atoms with Gasteiger partial charge in [-0.25, -0.2) is 18.2 Å². The molecule has 6 aromatic rings. The Kier molecular flexibility index (Phi) is 6.68. The molecule has 0 saturated carbocycles. The number of halogens is 3. The standard InChI is InChI=1S/C32H25F3N4O3/c1-16(2)41-26-9-7-19(14-23(26)35)29-28-24(11-12-37-32(28)36)39(38-29)17(3)31-27(18-5-4-6-20(33)13-18)30(40)22-15-21(34)8-10-25(22)42-31/h4-17H,1-3H3,(H2,36,37). The largest absolute Gasteiger partial charge is 0.488 e. The Morgan fingerprint density at radius 2 is 1.71 bits per heavy atom. The molecule has 7 nitrogen and oxygen atoms in total. The van der Waals surface area contributed by atoms with Crippen molar-refractivity contribution < 1.29 is 22.3 Å². The van der Waals surface area contributed by atoms with Crippen LogP contribution in [0.15, 0.2) is 82.1 Å². The minimum atomic E-state index is -0.753. The molecule has 0 fully saturated rings. The summed E-state index contributed by atoms with van der Waals surface area (Å²) in [5.74, 6) is -1.29. The second-order valence-electron chi connectivity index (χ2n) is 10.2. The molecule has 2 N–H and O–H groups in total. The Bertz CT molecular complexity index is 2050. The fourth-order valence-electron chi connectivity index (χ4n) is 5.11. The van der Waals surface area contributed by atoms with Crippen molar-refractivity contribution in [2.24, 2.45) is 0 Å². The van der Waals surface area contributed by atoms with E-state index in [0.29, 0.717) is 22.2 Å². The molecule has 212 valence electrons. The molecule has 10 heteroatoms. The number of nitrogen functional groups attached to an aromatic ring is 1. The molecular formula is C32H25F3N4O3. The van der Waals surface area contributed by atoms with E-state index in [1.165, 1.54) is 48.7 Å². The SMILES string of the molecule is CC(C)Oc1ccc(-c2nn(C(C)c3oc4ccc(F)cc4c(=O)c3-c3cccc(F)c3)c3ccnc(N)c23)cc1F. The molecule has 0 radical (unpaired) electrons. The summed E-state index contributed by atoms with van der Waals surface area (Å²) in [6.07, 6.45) is 1.30. The summed E-state index contributed by atoms with van der Waals surface area (Å²) in [5.41, 5.74) is 7.58. The van der Waals surface area contributed by atoms with Crippen molar-refractivity contribution in [3.05, 3.63) is 106 Å². The van der Waals surface area contributed by atoms with E-state index in [1.807, 2.05) is 0 Å². The first-order chi connectivity index (χ1) is 20.1. The van der Waals surface area contributed by atoms with Crippen LogP contribution >= 0.6 is 0 Å². The van der Waals surface area contributed by atoms with Crippen molar-refractivity contribution >= 4 is 27.7 Å². The monoisotopic (exact) mass is 570 g/mol. The molecule has 42 heavy (non-hydrogen) atoms. The minimum absolute atomic E-state index is 0.0175. The van der Waals surface area contributed by atoms with Crippen molar-refractivity contribution in [3.8, 4) is 28.1 Å². The quantitative estimate of drug-likeness (QED) is 0.226. The summed E-state index contributed by atoms with van der Waals surface area (Å²) in [6, 6.07) is 14.6. The van der Waals surface area contributed by atoms with Crippen LogP contribution in [0.1, 0.15) is 32.6 Å². The van der Waals surface area contributed by atoms with Crippen LogP contribution in [0.4, 0.5) is 19.0 Å². The zero-order valence-corrected chi connectivity index (χ0v) is 22.9. The van der Waals surface area contributed by atoms with E-state index >= 15 is 4.39 Å². The van der Waals surface area contributed by atoms with E-state index in [0.717, 1.165) is 6.07 Å². The second-order valence-corrected chi connectivity index (χ2v) is 10.2. The molecule has 3 aromatic heterocycles. The molecule has 0 bridgehead atoms. The first kappa shape index (κ1) is 27.1. The number of hydrogen-bond donors (Lipinski definition) is 1. The van der Waals surface area contributed by atoms with Gasteiger partial charge in [-0.3, -0.25) is 9.48 Å². The highest BCUT2D eigenvalue weighted by molar-refractivity contribution is 6.00. The minimum Gasteiger partial charge on any atom is -0.488 e. The topological polar surface area (TPSA) is 96.2 Å². The van der Waals surface area contributed by atoms with Gasteiger partial charge in [-0.05, 0) is 80.9 Å². The maximum atomic E-state index is 15.0. The molecule has 3 aromatic carbocycles. The molecular weight excluding hydrogens is 545 g/mol. The van der Waals surface area contributed by atoms with E-state index in [1.54, 1.807) is 43.7 Å². The number of pyridine rings is 1.